The first kappa shape index (κ1) is 32.1. The van der Waals surface area contributed by atoms with Gasteiger partial charge >= 0.3 is 11.9 Å². The lowest BCUT2D eigenvalue weighted by atomic mass is 9.46. The molecule has 5 rings (SSSR count). The maximum Gasteiger partial charge on any atom is 0.306 e. The molecule has 0 heterocycles. The van der Waals surface area contributed by atoms with Gasteiger partial charge in [0.25, 0.3) is 0 Å². The van der Waals surface area contributed by atoms with Crippen molar-refractivity contribution in [3.63, 3.8) is 0 Å². The van der Waals surface area contributed by atoms with Crippen LogP contribution in [0.4, 0.5) is 0 Å². The highest BCUT2D eigenvalue weighted by atomic mass is 16.5. The number of ketones is 2. The van der Waals surface area contributed by atoms with Crippen LogP contribution in [0, 0.1) is 28.6 Å². The molecule has 9 nitrogen and oxygen atoms in total. The second kappa shape index (κ2) is 12.6. The zero-order chi connectivity index (χ0) is 31.7. The molecule has 3 saturated carbocycles. The largest absolute Gasteiger partial charge is 0.481 e. The van der Waals surface area contributed by atoms with E-state index in [4.69, 9.17) is 4.74 Å². The van der Waals surface area contributed by atoms with Gasteiger partial charge in [-0.25, -0.2) is 0 Å². The van der Waals surface area contributed by atoms with E-state index in [0.717, 1.165) is 37.7 Å². The average molecular weight is 608 g/mol. The normalized spacial score (nSPS) is 33.2. The highest BCUT2D eigenvalue weighted by molar-refractivity contribution is 5.92. The smallest absolute Gasteiger partial charge is 0.306 e. The fourth-order valence-corrected chi connectivity index (χ4v) is 9.16. The first-order valence-corrected chi connectivity index (χ1v) is 16.1. The van der Waals surface area contributed by atoms with Crippen molar-refractivity contribution in [3.05, 3.63) is 47.5 Å². The molecule has 0 saturated heterocycles. The number of nitrogens with one attached hydrogen (secondary N) is 1. The van der Waals surface area contributed by atoms with Crippen molar-refractivity contribution >= 4 is 29.4 Å². The summed E-state index contributed by atoms with van der Waals surface area (Å²) in [5, 5.41) is 23.8. The van der Waals surface area contributed by atoms with E-state index in [-0.39, 0.29) is 42.9 Å². The van der Waals surface area contributed by atoms with Crippen LogP contribution in [-0.4, -0.2) is 58.4 Å². The third kappa shape index (κ3) is 6.00. The van der Waals surface area contributed by atoms with Gasteiger partial charge in [0.2, 0.25) is 11.7 Å². The number of fused-ring (bicyclic) bond motifs is 5. The number of aliphatic carboxylic acids is 1. The molecule has 0 spiro atoms. The number of amides is 1. The van der Waals surface area contributed by atoms with Crippen molar-refractivity contribution < 1.29 is 38.9 Å². The summed E-state index contributed by atoms with van der Waals surface area (Å²) in [6.45, 7) is 3.91. The molecule has 3 fully saturated rings. The van der Waals surface area contributed by atoms with Gasteiger partial charge in [0, 0.05) is 30.7 Å². The molecule has 3 N–H and O–H groups in total. The van der Waals surface area contributed by atoms with Crippen LogP contribution in [0.2, 0.25) is 0 Å². The first-order valence-electron chi connectivity index (χ1n) is 16.1. The second-order valence-electron chi connectivity index (χ2n) is 13.9. The maximum atomic E-state index is 13.5. The lowest BCUT2D eigenvalue weighted by Crippen LogP contribution is -2.58. The molecule has 44 heavy (non-hydrogen) atoms. The van der Waals surface area contributed by atoms with Crippen LogP contribution >= 0.6 is 0 Å². The molecule has 238 valence electrons. The zero-order valence-corrected chi connectivity index (χ0v) is 25.8. The average Bonchev–Trinajstić information content (AvgIpc) is 3.28. The summed E-state index contributed by atoms with van der Waals surface area (Å²) in [6.07, 6.45) is 7.33. The molecular formula is C35H45NO8. The van der Waals surface area contributed by atoms with E-state index < -0.39 is 47.2 Å². The molecule has 0 unspecified atom stereocenters. The van der Waals surface area contributed by atoms with Crippen molar-refractivity contribution in [3.8, 4) is 0 Å². The van der Waals surface area contributed by atoms with Gasteiger partial charge in [0.15, 0.2) is 12.4 Å². The number of aliphatic hydroxyl groups is 1. The van der Waals surface area contributed by atoms with Gasteiger partial charge < -0.3 is 20.3 Å². The molecule has 1 aromatic carbocycles. The Morgan fingerprint density at radius 2 is 1.70 bits per heavy atom. The Labute approximate surface area is 258 Å². The Morgan fingerprint density at radius 1 is 0.977 bits per heavy atom. The molecule has 4 aliphatic carbocycles. The Bertz CT molecular complexity index is 1340. The van der Waals surface area contributed by atoms with E-state index >= 15 is 0 Å². The van der Waals surface area contributed by atoms with Crippen molar-refractivity contribution in [2.24, 2.45) is 28.6 Å². The molecule has 4 aliphatic rings. The van der Waals surface area contributed by atoms with Crippen LogP contribution in [-0.2, 0) is 28.7 Å². The van der Waals surface area contributed by atoms with E-state index in [0.29, 0.717) is 31.1 Å². The van der Waals surface area contributed by atoms with Gasteiger partial charge in [-0.2, -0.15) is 0 Å². The van der Waals surface area contributed by atoms with Gasteiger partial charge in [0.05, 0.1) is 12.8 Å². The minimum atomic E-state index is -1.57. The zero-order valence-electron chi connectivity index (χ0n) is 25.8. The lowest BCUT2D eigenvalue weighted by Gasteiger charge is -2.58. The van der Waals surface area contributed by atoms with Crippen LogP contribution < -0.4 is 5.32 Å². The van der Waals surface area contributed by atoms with Gasteiger partial charge in [-0.3, -0.25) is 24.0 Å². The fourth-order valence-electron chi connectivity index (χ4n) is 9.16. The van der Waals surface area contributed by atoms with Crippen LogP contribution in [0.5, 0.6) is 0 Å². The SMILES string of the molecule is C[C@]12CCC(=O)C=C1CC[C@H]1[C@H]2CC[C@@]2(C)[C@H]1CC[C@]2(O)C(=O)COC(=O)CCC(=O)NC[C@@H](CC(=O)O)c1ccccc1. The molecule has 0 aliphatic heterocycles. The van der Waals surface area contributed by atoms with Crippen LogP contribution in [0.25, 0.3) is 0 Å². The number of carboxylic acids is 1. The monoisotopic (exact) mass is 607 g/mol. The van der Waals surface area contributed by atoms with E-state index in [2.05, 4.69) is 12.2 Å². The first-order chi connectivity index (χ1) is 20.9. The minimum Gasteiger partial charge on any atom is -0.481 e. The van der Waals surface area contributed by atoms with Gasteiger partial charge in [-0.15, -0.1) is 0 Å². The lowest BCUT2D eigenvalue weighted by molar-refractivity contribution is -0.170. The summed E-state index contributed by atoms with van der Waals surface area (Å²) in [7, 11) is 0. The Kier molecular flexibility index (Phi) is 9.17. The quantitative estimate of drug-likeness (QED) is 0.311. The van der Waals surface area contributed by atoms with E-state index in [1.54, 1.807) is 12.1 Å². The molecule has 1 aromatic rings. The van der Waals surface area contributed by atoms with Crippen molar-refractivity contribution in [1.82, 2.24) is 5.32 Å². The number of hydrogen-bond acceptors (Lipinski definition) is 7. The van der Waals surface area contributed by atoms with Crippen LogP contribution in [0.15, 0.2) is 42.0 Å². The summed E-state index contributed by atoms with van der Waals surface area (Å²) >= 11 is 0. The maximum absolute atomic E-state index is 13.5. The van der Waals surface area contributed by atoms with Crippen LogP contribution in [0.3, 0.4) is 0 Å². The third-order valence-electron chi connectivity index (χ3n) is 11.7. The summed E-state index contributed by atoms with van der Waals surface area (Å²) in [6, 6.07) is 9.06. The number of allylic oxidation sites excluding steroid dienone is 1. The fraction of sp³-hybridized carbons (Fsp3) is 0.629. The molecule has 0 bridgehead atoms. The number of benzene rings is 1. The highest BCUT2D eigenvalue weighted by Gasteiger charge is 2.66. The molecule has 9 heteroatoms. The highest BCUT2D eigenvalue weighted by Crippen LogP contribution is 2.67. The predicted octanol–water partition coefficient (Wildman–Crippen LogP) is 4.52. The number of esters is 1. The van der Waals surface area contributed by atoms with Crippen molar-refractivity contribution in [2.75, 3.05) is 13.2 Å². The van der Waals surface area contributed by atoms with Crippen LogP contribution in [0.1, 0.15) is 96.0 Å². The second-order valence-corrected chi connectivity index (χ2v) is 13.9. The number of carboxylic acid groups (broad SMARTS) is 1. The third-order valence-corrected chi connectivity index (χ3v) is 11.7. The molecule has 0 aromatic heterocycles. The minimum absolute atomic E-state index is 0.00338. The molecular weight excluding hydrogens is 562 g/mol. The van der Waals surface area contributed by atoms with E-state index in [9.17, 15) is 34.2 Å². The predicted molar refractivity (Wildman–Crippen MR) is 161 cm³/mol. The standard InChI is InChI=1S/C35H45NO8/c1-33-15-12-25(37)19-24(33)8-9-26-27(33)13-16-34(2)28(26)14-17-35(34,43)29(38)21-44-32(42)11-10-30(39)36-20-23(18-31(40)41)22-6-4-3-5-7-22/h3-7,19,23,26-28,43H,8-18,20-21H2,1-2H3,(H,36,39)(H,40,41)/t23-,26+,27-,28+,33+,34+,35+/m1/s1. The summed E-state index contributed by atoms with van der Waals surface area (Å²) in [5.41, 5.74) is -0.100. The van der Waals surface area contributed by atoms with Crippen molar-refractivity contribution in [1.29, 1.82) is 0 Å². The van der Waals surface area contributed by atoms with Gasteiger partial charge in [-0.05, 0) is 79.8 Å². The van der Waals surface area contributed by atoms with Gasteiger partial charge in [-0.1, -0.05) is 49.8 Å². The Balaban J connectivity index is 1.12. The number of carbonyl (C=O) groups is 5. The van der Waals surface area contributed by atoms with Gasteiger partial charge in [0.1, 0.15) is 5.60 Å². The van der Waals surface area contributed by atoms with E-state index in [1.807, 2.05) is 31.2 Å². The summed E-state index contributed by atoms with van der Waals surface area (Å²) in [5.74, 6) is -1.75. The topological polar surface area (TPSA) is 147 Å². The van der Waals surface area contributed by atoms with E-state index in [1.165, 1.54) is 5.57 Å². The Morgan fingerprint density at radius 3 is 2.43 bits per heavy atom. The van der Waals surface area contributed by atoms with Crippen molar-refractivity contribution in [2.45, 2.75) is 96.0 Å². The molecule has 1 amide bonds. The Hall–Kier alpha value is -3.33. The molecule has 7 atom stereocenters. The number of hydrogen-bond donors (Lipinski definition) is 3. The molecule has 0 radical (unpaired) electrons. The number of carbonyl (C=O) groups excluding carboxylic acids is 4. The number of ether oxygens (including phenoxy) is 1. The summed E-state index contributed by atoms with van der Waals surface area (Å²) in [4.78, 5) is 61.7. The number of rotatable bonds is 11. The summed E-state index contributed by atoms with van der Waals surface area (Å²) < 4.78 is 5.26. The number of Topliss-reactive ketones (excluding diaryl/α,β-unsaturated/α-hetero) is 1.